The Labute approximate surface area is 207 Å². The molecule has 0 aliphatic carbocycles. The molecule has 0 saturated carbocycles. The van der Waals surface area contributed by atoms with Crippen molar-refractivity contribution in [3.8, 4) is 0 Å². The average molecular weight is 481 g/mol. The second kappa shape index (κ2) is 11.4. The molecule has 1 fully saturated rings. The van der Waals surface area contributed by atoms with Crippen LogP contribution in [0.1, 0.15) is 52.2 Å². The minimum atomic E-state index is -0.716. The Morgan fingerprint density at radius 1 is 1.09 bits per heavy atom. The molecule has 1 heterocycles. The maximum atomic E-state index is 13.4. The van der Waals surface area contributed by atoms with Crippen LogP contribution in [0.5, 0.6) is 0 Å². The van der Waals surface area contributed by atoms with E-state index >= 15 is 0 Å². The molecule has 0 bridgehead atoms. The summed E-state index contributed by atoms with van der Waals surface area (Å²) in [4.78, 5) is 42.4. The van der Waals surface area contributed by atoms with Gasteiger partial charge in [0.2, 0.25) is 11.8 Å². The highest BCUT2D eigenvalue weighted by atomic mass is 16.3. The minimum absolute atomic E-state index is 0.0416. The van der Waals surface area contributed by atoms with Gasteiger partial charge in [-0.1, -0.05) is 44.2 Å². The number of hydrogen-bond donors (Lipinski definition) is 3. The fourth-order valence-electron chi connectivity index (χ4n) is 4.45. The summed E-state index contributed by atoms with van der Waals surface area (Å²) in [7, 11) is 0. The second-order valence-corrected chi connectivity index (χ2v) is 9.91. The van der Waals surface area contributed by atoms with Gasteiger partial charge < -0.3 is 20.6 Å². The van der Waals surface area contributed by atoms with E-state index in [1.807, 2.05) is 23.1 Å². The quantitative estimate of drug-likeness (QED) is 0.559. The first kappa shape index (κ1) is 26.2. The first-order valence-electron chi connectivity index (χ1n) is 12.1. The largest absolute Gasteiger partial charge is 0.389 e. The van der Waals surface area contributed by atoms with E-state index in [9.17, 15) is 19.5 Å². The van der Waals surface area contributed by atoms with Crippen molar-refractivity contribution in [2.75, 3.05) is 29.9 Å². The standard InChI is InChI=1S/C27H36N4O4/c1-19(25(34)30-15-9-14-27(3,4)18-30)31(23-12-6-5-7-13-23)24(33)17-28-26(35)29-22-11-8-10-21(16-22)20(2)32/h5-8,10-13,16,19-20,32H,9,14-15,17-18H2,1-4H3,(H2,28,29,35). The van der Waals surface area contributed by atoms with Crippen LogP contribution in [0.25, 0.3) is 0 Å². The van der Waals surface area contributed by atoms with Gasteiger partial charge in [0.15, 0.2) is 0 Å². The van der Waals surface area contributed by atoms with Crippen LogP contribution in [0.2, 0.25) is 0 Å². The predicted molar refractivity (Wildman–Crippen MR) is 137 cm³/mol. The molecule has 0 radical (unpaired) electrons. The Bertz CT molecular complexity index is 1040. The number of benzene rings is 2. The molecule has 2 aromatic carbocycles. The van der Waals surface area contributed by atoms with Gasteiger partial charge in [0.1, 0.15) is 6.04 Å². The van der Waals surface area contributed by atoms with E-state index < -0.39 is 18.2 Å². The van der Waals surface area contributed by atoms with Gasteiger partial charge in [-0.25, -0.2) is 4.79 Å². The lowest BCUT2D eigenvalue weighted by Crippen LogP contribution is -2.55. The third-order valence-electron chi connectivity index (χ3n) is 6.29. The van der Waals surface area contributed by atoms with Crippen molar-refractivity contribution < 1.29 is 19.5 Å². The van der Waals surface area contributed by atoms with E-state index in [4.69, 9.17) is 0 Å². The zero-order chi connectivity index (χ0) is 25.6. The molecule has 1 aliphatic heterocycles. The fourth-order valence-corrected chi connectivity index (χ4v) is 4.45. The molecule has 2 unspecified atom stereocenters. The van der Waals surface area contributed by atoms with Crippen LogP contribution < -0.4 is 15.5 Å². The van der Waals surface area contributed by atoms with Gasteiger partial charge >= 0.3 is 6.03 Å². The topological polar surface area (TPSA) is 102 Å². The highest BCUT2D eigenvalue weighted by Crippen LogP contribution is 2.29. The van der Waals surface area contributed by atoms with Crippen molar-refractivity contribution in [2.45, 2.75) is 52.7 Å². The number of nitrogens with zero attached hydrogens (tertiary/aromatic N) is 2. The summed E-state index contributed by atoms with van der Waals surface area (Å²) in [6.07, 6.45) is 1.33. The van der Waals surface area contributed by atoms with Crippen molar-refractivity contribution in [1.82, 2.24) is 10.2 Å². The Kier molecular flexibility index (Phi) is 8.51. The molecule has 1 saturated heterocycles. The van der Waals surface area contributed by atoms with E-state index in [-0.39, 0.29) is 23.8 Å². The second-order valence-electron chi connectivity index (χ2n) is 9.91. The molecule has 3 rings (SSSR count). The number of piperidine rings is 1. The number of anilines is 2. The lowest BCUT2D eigenvalue weighted by Gasteiger charge is -2.40. The van der Waals surface area contributed by atoms with Crippen molar-refractivity contribution in [1.29, 1.82) is 0 Å². The van der Waals surface area contributed by atoms with Gasteiger partial charge in [0.05, 0.1) is 12.6 Å². The number of urea groups is 1. The number of carbonyl (C=O) groups is 3. The van der Waals surface area contributed by atoms with Crippen molar-refractivity contribution in [3.63, 3.8) is 0 Å². The van der Waals surface area contributed by atoms with E-state index in [1.54, 1.807) is 50.2 Å². The van der Waals surface area contributed by atoms with E-state index in [0.717, 1.165) is 12.8 Å². The zero-order valence-electron chi connectivity index (χ0n) is 21.0. The molecule has 8 nitrogen and oxygen atoms in total. The summed E-state index contributed by atoms with van der Waals surface area (Å²) >= 11 is 0. The molecule has 2 aromatic rings. The van der Waals surface area contributed by atoms with Crippen molar-refractivity contribution in [2.24, 2.45) is 5.41 Å². The number of para-hydroxylation sites is 1. The first-order chi connectivity index (χ1) is 16.6. The normalized spacial score (nSPS) is 16.7. The fraction of sp³-hybridized carbons (Fsp3) is 0.444. The first-order valence-corrected chi connectivity index (χ1v) is 12.1. The molecule has 188 valence electrons. The number of amides is 4. The Balaban J connectivity index is 1.69. The van der Waals surface area contributed by atoms with Crippen molar-refractivity contribution in [3.05, 3.63) is 60.2 Å². The molecule has 8 heteroatoms. The molecule has 1 aliphatic rings. The SMILES string of the molecule is CC(O)c1cccc(NC(=O)NCC(=O)N(c2ccccc2)C(C)C(=O)N2CCCC(C)(C)C2)c1. The maximum Gasteiger partial charge on any atom is 0.319 e. The van der Waals surface area contributed by atoms with Crippen LogP contribution in [0, 0.1) is 5.41 Å². The monoisotopic (exact) mass is 480 g/mol. The minimum Gasteiger partial charge on any atom is -0.389 e. The Hall–Kier alpha value is -3.39. The molecule has 0 aromatic heterocycles. The van der Waals surface area contributed by atoms with Gasteiger partial charge in [0.25, 0.3) is 0 Å². The highest BCUT2D eigenvalue weighted by molar-refractivity contribution is 6.03. The van der Waals surface area contributed by atoms with Gasteiger partial charge in [0, 0.05) is 24.5 Å². The van der Waals surface area contributed by atoms with Crippen LogP contribution in [0.3, 0.4) is 0 Å². The van der Waals surface area contributed by atoms with Gasteiger partial charge in [-0.15, -0.1) is 0 Å². The summed E-state index contributed by atoms with van der Waals surface area (Å²) < 4.78 is 0. The Morgan fingerprint density at radius 2 is 1.80 bits per heavy atom. The number of hydrogen-bond acceptors (Lipinski definition) is 4. The summed E-state index contributed by atoms with van der Waals surface area (Å²) in [5.74, 6) is -0.490. The number of aliphatic hydroxyl groups excluding tert-OH is 1. The summed E-state index contributed by atoms with van der Waals surface area (Å²) in [6.45, 7) is 8.72. The van der Waals surface area contributed by atoms with Gasteiger partial charge in [-0.2, -0.15) is 0 Å². The number of likely N-dealkylation sites (tertiary alicyclic amines) is 1. The van der Waals surface area contributed by atoms with E-state index in [1.165, 1.54) is 4.90 Å². The van der Waals surface area contributed by atoms with Gasteiger partial charge in [-0.05, 0) is 61.9 Å². The van der Waals surface area contributed by atoms with Crippen LogP contribution in [-0.4, -0.2) is 53.5 Å². The zero-order valence-corrected chi connectivity index (χ0v) is 21.0. The van der Waals surface area contributed by atoms with E-state index in [2.05, 4.69) is 24.5 Å². The summed E-state index contributed by atoms with van der Waals surface area (Å²) in [5.41, 5.74) is 1.81. The predicted octanol–water partition coefficient (Wildman–Crippen LogP) is 3.93. The third-order valence-corrected chi connectivity index (χ3v) is 6.29. The average Bonchev–Trinajstić information content (AvgIpc) is 2.82. The summed E-state index contributed by atoms with van der Waals surface area (Å²) in [6, 6.07) is 14.6. The number of carbonyl (C=O) groups excluding carboxylic acids is 3. The molecule has 4 amide bonds. The molecule has 3 N–H and O–H groups in total. The lowest BCUT2D eigenvalue weighted by molar-refractivity contribution is -0.136. The van der Waals surface area contributed by atoms with Crippen molar-refractivity contribution >= 4 is 29.2 Å². The number of rotatable bonds is 7. The van der Waals surface area contributed by atoms with Crippen LogP contribution in [0.4, 0.5) is 16.2 Å². The number of aliphatic hydroxyl groups is 1. The Morgan fingerprint density at radius 3 is 2.46 bits per heavy atom. The molecule has 2 atom stereocenters. The molecular formula is C27H36N4O4. The molecular weight excluding hydrogens is 444 g/mol. The van der Waals surface area contributed by atoms with Crippen LogP contribution in [0.15, 0.2) is 54.6 Å². The van der Waals surface area contributed by atoms with Gasteiger partial charge in [-0.3, -0.25) is 14.5 Å². The van der Waals surface area contributed by atoms with Crippen LogP contribution >= 0.6 is 0 Å². The summed E-state index contributed by atoms with van der Waals surface area (Å²) in [5, 5.41) is 15.0. The molecule has 35 heavy (non-hydrogen) atoms. The number of nitrogens with one attached hydrogen (secondary N) is 2. The van der Waals surface area contributed by atoms with E-state index in [0.29, 0.717) is 30.0 Å². The van der Waals surface area contributed by atoms with Crippen LogP contribution in [-0.2, 0) is 9.59 Å². The highest BCUT2D eigenvalue weighted by Gasteiger charge is 2.35. The third kappa shape index (κ3) is 7.05. The lowest BCUT2D eigenvalue weighted by atomic mass is 9.84. The smallest absolute Gasteiger partial charge is 0.319 e. The molecule has 0 spiro atoms. The maximum absolute atomic E-state index is 13.4.